The molecule has 0 radical (unpaired) electrons. The fourth-order valence-corrected chi connectivity index (χ4v) is 2.26. The molecule has 1 rings (SSSR count). The first-order chi connectivity index (χ1) is 10.1. The Labute approximate surface area is 131 Å². The van der Waals surface area contributed by atoms with Crippen molar-refractivity contribution < 1.29 is 9.47 Å². The molecule has 1 aromatic rings. The molecule has 0 atom stereocenters. The van der Waals surface area contributed by atoms with Crippen LogP contribution in [0.5, 0.6) is 11.5 Å². The first-order valence-electron chi connectivity index (χ1n) is 7.11. The summed E-state index contributed by atoms with van der Waals surface area (Å²) >= 11 is 6.23. The average Bonchev–Trinajstić information content (AvgIpc) is 2.48. The van der Waals surface area contributed by atoms with Gasteiger partial charge in [0, 0.05) is 13.1 Å². The predicted molar refractivity (Wildman–Crippen MR) is 87.4 cm³/mol. The fourth-order valence-electron chi connectivity index (χ4n) is 1.97. The molecule has 0 fully saturated rings. The number of benzene rings is 1. The highest BCUT2D eigenvalue weighted by atomic mass is 35.5. The Balaban J connectivity index is 2.95. The molecule has 0 saturated heterocycles. The van der Waals surface area contributed by atoms with Gasteiger partial charge in [0.05, 0.1) is 25.3 Å². The third-order valence-corrected chi connectivity index (χ3v) is 3.37. The van der Waals surface area contributed by atoms with E-state index in [4.69, 9.17) is 26.8 Å². The zero-order valence-electron chi connectivity index (χ0n) is 13.1. The van der Waals surface area contributed by atoms with Crippen LogP contribution in [0.2, 0.25) is 5.02 Å². The van der Waals surface area contributed by atoms with Gasteiger partial charge in [0.25, 0.3) is 0 Å². The molecule has 0 heterocycles. The smallest absolute Gasteiger partial charge is 0.191 e. The van der Waals surface area contributed by atoms with E-state index in [1.54, 1.807) is 7.11 Å². The van der Waals surface area contributed by atoms with Crippen molar-refractivity contribution in [2.24, 2.45) is 10.7 Å². The van der Waals surface area contributed by atoms with E-state index in [-0.39, 0.29) is 0 Å². The molecule has 118 valence electrons. The van der Waals surface area contributed by atoms with Crippen molar-refractivity contribution in [1.29, 1.82) is 0 Å². The van der Waals surface area contributed by atoms with Gasteiger partial charge in [-0.1, -0.05) is 11.6 Å². The van der Waals surface area contributed by atoms with Crippen LogP contribution in [0.25, 0.3) is 0 Å². The molecule has 0 aliphatic rings. The predicted octanol–water partition coefficient (Wildman–Crippen LogP) is 2.90. The summed E-state index contributed by atoms with van der Waals surface area (Å²) in [7, 11) is 1.59. The first kappa shape index (κ1) is 17.4. The standard InChI is InChI=1S/C15H24ClN3O2/c1-5-19(6-2)15(17)18-10-11-8-12(16)14(21-7-3)13(9-11)20-4/h8-9H,5-7,10H2,1-4H3,(H2,17,18). The van der Waals surface area contributed by atoms with Crippen molar-refractivity contribution in [1.82, 2.24) is 4.90 Å². The molecular weight excluding hydrogens is 290 g/mol. The van der Waals surface area contributed by atoms with Crippen LogP contribution in [-0.2, 0) is 6.54 Å². The highest BCUT2D eigenvalue weighted by Crippen LogP contribution is 2.36. The van der Waals surface area contributed by atoms with Crippen molar-refractivity contribution in [3.05, 3.63) is 22.7 Å². The van der Waals surface area contributed by atoms with Crippen LogP contribution in [0.4, 0.5) is 0 Å². The SMILES string of the molecule is CCOc1c(Cl)cc(CN=C(N)N(CC)CC)cc1OC. The van der Waals surface area contributed by atoms with Crippen LogP contribution >= 0.6 is 11.6 Å². The lowest BCUT2D eigenvalue weighted by Crippen LogP contribution is -2.37. The summed E-state index contributed by atoms with van der Waals surface area (Å²) in [5.74, 6) is 1.70. The molecule has 0 saturated carbocycles. The second-order valence-corrected chi connectivity index (χ2v) is 4.80. The average molecular weight is 314 g/mol. The number of ether oxygens (including phenoxy) is 2. The van der Waals surface area contributed by atoms with Crippen molar-refractivity contribution in [2.75, 3.05) is 26.8 Å². The van der Waals surface area contributed by atoms with Crippen LogP contribution in [0.3, 0.4) is 0 Å². The topological polar surface area (TPSA) is 60.1 Å². The summed E-state index contributed by atoms with van der Waals surface area (Å²) in [6, 6.07) is 3.70. The van der Waals surface area contributed by atoms with E-state index in [1.165, 1.54) is 0 Å². The summed E-state index contributed by atoms with van der Waals surface area (Å²) in [4.78, 5) is 6.39. The molecule has 21 heavy (non-hydrogen) atoms. The molecule has 0 unspecified atom stereocenters. The van der Waals surface area contributed by atoms with Gasteiger partial charge >= 0.3 is 0 Å². The minimum Gasteiger partial charge on any atom is -0.493 e. The number of guanidine groups is 1. The minimum atomic E-state index is 0.449. The fraction of sp³-hybridized carbons (Fsp3) is 0.533. The molecule has 0 amide bonds. The Morgan fingerprint density at radius 3 is 2.48 bits per heavy atom. The van der Waals surface area contributed by atoms with E-state index >= 15 is 0 Å². The number of nitrogens with two attached hydrogens (primary N) is 1. The first-order valence-corrected chi connectivity index (χ1v) is 7.49. The Hall–Kier alpha value is -1.62. The summed E-state index contributed by atoms with van der Waals surface area (Å²) in [5.41, 5.74) is 6.89. The number of methoxy groups -OCH3 is 1. The summed E-state index contributed by atoms with van der Waals surface area (Å²) in [5, 5.41) is 0.516. The highest BCUT2D eigenvalue weighted by Gasteiger charge is 2.11. The van der Waals surface area contributed by atoms with Crippen LogP contribution in [0, 0.1) is 0 Å². The highest BCUT2D eigenvalue weighted by molar-refractivity contribution is 6.32. The second-order valence-electron chi connectivity index (χ2n) is 4.39. The van der Waals surface area contributed by atoms with Crippen molar-refractivity contribution in [3.63, 3.8) is 0 Å². The minimum absolute atomic E-state index is 0.449. The van der Waals surface area contributed by atoms with Crippen LogP contribution in [0.1, 0.15) is 26.3 Å². The van der Waals surface area contributed by atoms with Crippen LogP contribution < -0.4 is 15.2 Å². The molecule has 6 heteroatoms. The summed E-state index contributed by atoms with van der Waals surface area (Å²) in [6.45, 7) is 8.63. The molecule has 0 aromatic heterocycles. The van der Waals surface area contributed by atoms with Crippen molar-refractivity contribution in [3.8, 4) is 11.5 Å². The van der Waals surface area contributed by atoms with E-state index in [2.05, 4.69) is 4.99 Å². The van der Waals surface area contributed by atoms with Crippen molar-refractivity contribution >= 4 is 17.6 Å². The van der Waals surface area contributed by atoms with Gasteiger partial charge in [-0.15, -0.1) is 0 Å². The molecule has 1 aromatic carbocycles. The Bertz CT molecular complexity index is 488. The number of hydrogen-bond donors (Lipinski definition) is 1. The largest absolute Gasteiger partial charge is 0.493 e. The van der Waals surface area contributed by atoms with Gasteiger partial charge < -0.3 is 20.1 Å². The van der Waals surface area contributed by atoms with Gasteiger partial charge in [-0.2, -0.15) is 0 Å². The number of hydrogen-bond acceptors (Lipinski definition) is 3. The van der Waals surface area contributed by atoms with E-state index in [0.29, 0.717) is 35.6 Å². The zero-order chi connectivity index (χ0) is 15.8. The lowest BCUT2D eigenvalue weighted by atomic mass is 10.2. The third-order valence-electron chi connectivity index (χ3n) is 3.09. The van der Waals surface area contributed by atoms with Crippen LogP contribution in [0.15, 0.2) is 17.1 Å². The van der Waals surface area contributed by atoms with E-state index in [9.17, 15) is 0 Å². The molecule has 0 spiro atoms. The van der Waals surface area contributed by atoms with E-state index in [0.717, 1.165) is 18.7 Å². The molecule has 5 nitrogen and oxygen atoms in total. The van der Waals surface area contributed by atoms with Gasteiger partial charge in [0.15, 0.2) is 17.5 Å². The quantitative estimate of drug-likeness (QED) is 0.621. The van der Waals surface area contributed by atoms with E-state index < -0.39 is 0 Å². The number of rotatable bonds is 7. The van der Waals surface area contributed by atoms with Gasteiger partial charge in [-0.3, -0.25) is 0 Å². The second kappa shape index (κ2) is 8.62. The van der Waals surface area contributed by atoms with Gasteiger partial charge in [0.1, 0.15) is 0 Å². The monoisotopic (exact) mass is 313 g/mol. The molecule has 2 N–H and O–H groups in total. The van der Waals surface area contributed by atoms with Gasteiger partial charge in [0.2, 0.25) is 0 Å². The maximum Gasteiger partial charge on any atom is 0.191 e. The normalized spacial score (nSPS) is 11.4. The number of aliphatic imine (C=N–C) groups is 1. The van der Waals surface area contributed by atoms with Gasteiger partial charge in [-0.25, -0.2) is 4.99 Å². The lowest BCUT2D eigenvalue weighted by molar-refractivity contribution is 0.311. The maximum atomic E-state index is 6.23. The summed E-state index contributed by atoms with van der Waals surface area (Å²) < 4.78 is 10.8. The molecule has 0 aliphatic heterocycles. The summed E-state index contributed by atoms with van der Waals surface area (Å²) in [6.07, 6.45) is 0. The molecular formula is C15H24ClN3O2. The lowest BCUT2D eigenvalue weighted by Gasteiger charge is -2.19. The zero-order valence-corrected chi connectivity index (χ0v) is 13.9. The Kier molecular flexibility index (Phi) is 7.15. The molecule has 0 bridgehead atoms. The Morgan fingerprint density at radius 1 is 1.29 bits per heavy atom. The third kappa shape index (κ3) is 4.70. The number of nitrogens with zero attached hydrogens (tertiary/aromatic N) is 2. The molecule has 0 aliphatic carbocycles. The number of halogens is 1. The van der Waals surface area contributed by atoms with Gasteiger partial charge in [-0.05, 0) is 38.5 Å². The Morgan fingerprint density at radius 2 is 1.95 bits per heavy atom. The van der Waals surface area contributed by atoms with Crippen LogP contribution in [-0.4, -0.2) is 37.7 Å². The maximum absolute atomic E-state index is 6.23. The van der Waals surface area contributed by atoms with Crippen molar-refractivity contribution in [2.45, 2.75) is 27.3 Å². The van der Waals surface area contributed by atoms with E-state index in [1.807, 2.05) is 37.8 Å².